The van der Waals surface area contributed by atoms with Crippen LogP contribution in [0.25, 0.3) is 99.0 Å². The fraction of sp³-hybridized carbons (Fsp3) is 0.282. The van der Waals surface area contributed by atoms with Crippen LogP contribution < -0.4 is 0 Å². The van der Waals surface area contributed by atoms with Gasteiger partial charge in [-0.05, 0) is 166 Å². The van der Waals surface area contributed by atoms with Crippen molar-refractivity contribution in [2.24, 2.45) is 0 Å². The highest BCUT2D eigenvalue weighted by Gasteiger charge is 2.25. The molecule has 8 aromatic carbocycles. The molecule has 0 fully saturated rings. The van der Waals surface area contributed by atoms with Crippen molar-refractivity contribution in [3.05, 3.63) is 198 Å². The lowest BCUT2D eigenvalue weighted by molar-refractivity contribution is 0.590. The van der Waals surface area contributed by atoms with Gasteiger partial charge in [-0.3, -0.25) is 0 Å². The topological polar surface area (TPSA) is 27.7 Å². The first-order valence-corrected chi connectivity index (χ1v) is 27.4. The molecule has 0 bridgehead atoms. The number of nitrogens with zero attached hydrogens (tertiary/aromatic N) is 4. The zero-order chi connectivity index (χ0) is 52.3. The second-order valence-electron chi connectivity index (χ2n) is 25.7. The van der Waals surface area contributed by atoms with Crippen LogP contribution in [0.5, 0.6) is 0 Å². The van der Waals surface area contributed by atoms with Gasteiger partial charge in [-0.15, -0.1) is 0 Å². The lowest BCUT2D eigenvalue weighted by Gasteiger charge is -2.19. The number of pyridine rings is 1. The third-order valence-electron chi connectivity index (χ3n) is 16.3. The fourth-order valence-electron chi connectivity index (χ4n) is 11.9. The van der Waals surface area contributed by atoms with E-state index in [2.05, 4.69) is 267 Å². The molecule has 0 amide bonds. The molecule has 75 heavy (non-hydrogen) atoms. The monoisotopic (exact) mass is 981 g/mol. The first-order valence-electron chi connectivity index (χ1n) is 27.4. The van der Waals surface area contributed by atoms with Crippen molar-refractivity contribution in [3.8, 4) is 22.6 Å². The SMILES string of the molecule is CC(C)(C)c1ccc2c(c1)c1cc(C(C)(C)C)ccc1n2-c1ccc2c(c1)c1cc(-n3c4ccc(C(C)(C)C)cc4c4cc(C(C)(C)C)ccc43)ccc1n2CCCCc1cc(-c2ccccc2)nc2ccccc12. The van der Waals surface area contributed by atoms with Crippen LogP contribution in [0.15, 0.2) is 170 Å². The van der Waals surface area contributed by atoms with Gasteiger partial charge in [0.05, 0.1) is 33.3 Å². The van der Waals surface area contributed by atoms with Gasteiger partial charge in [0.1, 0.15) is 0 Å². The van der Waals surface area contributed by atoms with Gasteiger partial charge in [0.25, 0.3) is 0 Å². The Labute approximate surface area is 443 Å². The fourth-order valence-corrected chi connectivity index (χ4v) is 11.9. The van der Waals surface area contributed by atoms with E-state index in [0.717, 1.165) is 42.6 Å². The minimum Gasteiger partial charge on any atom is -0.340 e. The third-order valence-corrected chi connectivity index (χ3v) is 16.3. The van der Waals surface area contributed by atoms with Gasteiger partial charge in [0.2, 0.25) is 0 Å². The maximum atomic E-state index is 5.11. The van der Waals surface area contributed by atoms with Gasteiger partial charge in [-0.1, -0.05) is 156 Å². The molecule has 0 atom stereocenters. The van der Waals surface area contributed by atoms with Crippen molar-refractivity contribution in [1.82, 2.24) is 18.7 Å². The minimum absolute atomic E-state index is 0.0278. The summed E-state index contributed by atoms with van der Waals surface area (Å²) in [5.41, 5.74) is 20.0. The Bertz CT molecular complexity index is 3850. The van der Waals surface area contributed by atoms with Gasteiger partial charge >= 0.3 is 0 Å². The largest absolute Gasteiger partial charge is 0.340 e. The Morgan fingerprint density at radius 1 is 0.347 bits per heavy atom. The third kappa shape index (κ3) is 8.51. The number of unbranched alkanes of at least 4 members (excludes halogenated alkanes) is 1. The lowest BCUT2D eigenvalue weighted by atomic mass is 9.85. The predicted molar refractivity (Wildman–Crippen MR) is 323 cm³/mol. The van der Waals surface area contributed by atoms with E-state index in [-0.39, 0.29) is 21.7 Å². The standard InChI is InChI=1S/C71H72N4/c1-68(2,3)47-25-31-64-54(39-47)55-40-48(69(4,5)6)26-32-65(55)74(64)51-29-35-62-58(43-51)59-44-52(75-66-33-27-49(70(7,8)9)41-56(66)57-42-50(71(10,11)12)28-34-67(57)75)30-36-63(59)73(62)37-19-18-22-46-38-61(45-20-14-13-15-21-45)72-60-24-17-16-23-53(46)60/h13-17,20-21,23-36,38-44H,18-19,22,37H2,1-12H3. The molecule has 12 rings (SSSR count). The van der Waals surface area contributed by atoms with Gasteiger partial charge < -0.3 is 13.7 Å². The Balaban J connectivity index is 1.03. The molecule has 0 N–H and O–H groups in total. The van der Waals surface area contributed by atoms with Gasteiger partial charge in [0, 0.05) is 72.2 Å². The quantitative estimate of drug-likeness (QED) is 0.139. The van der Waals surface area contributed by atoms with E-state index in [1.165, 1.54) is 110 Å². The molecule has 12 aromatic rings. The summed E-state index contributed by atoms with van der Waals surface area (Å²) in [4.78, 5) is 5.11. The van der Waals surface area contributed by atoms with Crippen LogP contribution >= 0.6 is 0 Å². The van der Waals surface area contributed by atoms with Crippen LogP contribution in [0.1, 0.15) is 124 Å². The predicted octanol–water partition coefficient (Wildman–Crippen LogP) is 19.4. The van der Waals surface area contributed by atoms with Crippen molar-refractivity contribution >= 4 is 76.3 Å². The van der Waals surface area contributed by atoms with Gasteiger partial charge in [-0.25, -0.2) is 4.98 Å². The molecule has 0 saturated carbocycles. The van der Waals surface area contributed by atoms with Crippen molar-refractivity contribution in [2.75, 3.05) is 0 Å². The molecule has 4 heteroatoms. The van der Waals surface area contributed by atoms with E-state index in [0.29, 0.717) is 0 Å². The zero-order valence-electron chi connectivity index (χ0n) is 46.3. The number of fused-ring (bicyclic) bond motifs is 10. The Morgan fingerprint density at radius 3 is 1.16 bits per heavy atom. The lowest BCUT2D eigenvalue weighted by Crippen LogP contribution is -2.10. The summed E-state index contributed by atoms with van der Waals surface area (Å²) in [5.74, 6) is 0. The Hall–Kier alpha value is -7.43. The normalized spacial score (nSPS) is 13.0. The van der Waals surface area contributed by atoms with Crippen LogP contribution in [0, 0.1) is 0 Å². The number of aryl methyl sites for hydroxylation is 2. The van der Waals surface area contributed by atoms with Gasteiger partial charge in [-0.2, -0.15) is 0 Å². The molecule has 0 unspecified atom stereocenters. The zero-order valence-corrected chi connectivity index (χ0v) is 46.3. The molecule has 4 aromatic heterocycles. The minimum atomic E-state index is 0.0278. The number of aromatic nitrogens is 4. The smallest absolute Gasteiger partial charge is 0.0712 e. The summed E-state index contributed by atoms with van der Waals surface area (Å²) < 4.78 is 7.64. The number of hydrogen-bond acceptors (Lipinski definition) is 1. The van der Waals surface area contributed by atoms with E-state index in [1.54, 1.807) is 0 Å². The van der Waals surface area contributed by atoms with E-state index in [9.17, 15) is 0 Å². The number of rotatable bonds is 8. The van der Waals surface area contributed by atoms with E-state index in [1.807, 2.05) is 0 Å². The highest BCUT2D eigenvalue weighted by atomic mass is 15.0. The Morgan fingerprint density at radius 2 is 0.733 bits per heavy atom. The number of benzene rings is 8. The molecule has 0 aliphatic carbocycles. The first-order chi connectivity index (χ1) is 35.7. The second kappa shape index (κ2) is 17.6. The summed E-state index contributed by atoms with van der Waals surface area (Å²) in [6.45, 7) is 28.7. The molecule has 376 valence electrons. The molecular formula is C71H72N4. The molecule has 0 saturated heterocycles. The average molecular weight is 981 g/mol. The number of para-hydroxylation sites is 1. The van der Waals surface area contributed by atoms with Crippen molar-refractivity contribution < 1.29 is 0 Å². The highest BCUT2D eigenvalue weighted by molar-refractivity contribution is 6.14. The molecule has 0 spiro atoms. The van der Waals surface area contributed by atoms with Crippen molar-refractivity contribution in [1.29, 1.82) is 0 Å². The van der Waals surface area contributed by atoms with Crippen LogP contribution in [0.4, 0.5) is 0 Å². The first kappa shape index (κ1) is 48.5. The van der Waals surface area contributed by atoms with Crippen molar-refractivity contribution in [3.63, 3.8) is 0 Å². The molecule has 0 radical (unpaired) electrons. The van der Waals surface area contributed by atoms with Gasteiger partial charge in [0.15, 0.2) is 0 Å². The van der Waals surface area contributed by atoms with E-state index >= 15 is 0 Å². The molecular weight excluding hydrogens is 909 g/mol. The van der Waals surface area contributed by atoms with Crippen LogP contribution in [0.2, 0.25) is 0 Å². The van der Waals surface area contributed by atoms with Crippen LogP contribution in [0.3, 0.4) is 0 Å². The molecule has 4 nitrogen and oxygen atoms in total. The average Bonchev–Trinajstić information content (AvgIpc) is 4.01. The maximum Gasteiger partial charge on any atom is 0.0712 e. The molecule has 0 aliphatic heterocycles. The van der Waals surface area contributed by atoms with Crippen molar-refractivity contribution in [2.45, 2.75) is 131 Å². The number of hydrogen-bond donors (Lipinski definition) is 0. The van der Waals surface area contributed by atoms with Crippen LogP contribution in [-0.2, 0) is 34.6 Å². The van der Waals surface area contributed by atoms with E-state index in [4.69, 9.17) is 4.98 Å². The summed E-state index contributed by atoms with van der Waals surface area (Å²) in [6, 6.07) is 64.8. The summed E-state index contributed by atoms with van der Waals surface area (Å²) >= 11 is 0. The maximum absolute atomic E-state index is 5.11. The van der Waals surface area contributed by atoms with E-state index < -0.39 is 0 Å². The molecule has 4 heterocycles. The summed E-state index contributed by atoms with van der Waals surface area (Å²) in [7, 11) is 0. The summed E-state index contributed by atoms with van der Waals surface area (Å²) in [6.07, 6.45) is 3.08. The summed E-state index contributed by atoms with van der Waals surface area (Å²) in [5, 5.41) is 9.02. The highest BCUT2D eigenvalue weighted by Crippen LogP contribution is 2.42. The van der Waals surface area contributed by atoms with Crippen LogP contribution in [-0.4, -0.2) is 18.7 Å². The second-order valence-corrected chi connectivity index (χ2v) is 25.7. The Kier molecular flexibility index (Phi) is 11.4. The molecule has 0 aliphatic rings.